The van der Waals surface area contributed by atoms with Gasteiger partial charge in [-0.05, 0) is 61.7 Å². The van der Waals surface area contributed by atoms with E-state index in [1.807, 2.05) is 13.0 Å². The molecule has 138 valence electrons. The molecule has 0 spiro atoms. The minimum absolute atomic E-state index is 0.000215. The van der Waals surface area contributed by atoms with Crippen LogP contribution in [0, 0.1) is 40.9 Å². The monoisotopic (exact) mass is 346 g/mol. The highest BCUT2D eigenvalue weighted by Crippen LogP contribution is 2.66. The predicted molar refractivity (Wildman–Crippen MR) is 94.3 cm³/mol. The third-order valence-corrected chi connectivity index (χ3v) is 8.54. The number of hydrogen-bond donors (Lipinski definition) is 4. The molecule has 4 rings (SSSR count). The van der Waals surface area contributed by atoms with Crippen molar-refractivity contribution in [2.45, 2.75) is 76.3 Å². The Balaban J connectivity index is 1.77. The molecule has 0 amide bonds. The molecule has 0 aliphatic heterocycles. The second kappa shape index (κ2) is 5.33. The summed E-state index contributed by atoms with van der Waals surface area (Å²) in [6.45, 7) is 4.26. The van der Waals surface area contributed by atoms with E-state index in [4.69, 9.17) is 6.42 Å². The van der Waals surface area contributed by atoms with E-state index in [0.717, 1.165) is 25.7 Å². The highest BCUT2D eigenvalue weighted by atomic mass is 16.3. The highest BCUT2D eigenvalue weighted by molar-refractivity contribution is 5.32. The fourth-order valence-corrected chi connectivity index (χ4v) is 6.92. The second-order valence-corrected chi connectivity index (χ2v) is 9.41. The Labute approximate surface area is 150 Å². The Morgan fingerprint density at radius 3 is 2.52 bits per heavy atom. The third kappa shape index (κ3) is 2.04. The molecule has 4 aliphatic carbocycles. The van der Waals surface area contributed by atoms with Gasteiger partial charge in [-0.2, -0.15) is 0 Å². The molecule has 3 saturated carbocycles. The summed E-state index contributed by atoms with van der Waals surface area (Å²) >= 11 is 0. The van der Waals surface area contributed by atoms with Gasteiger partial charge >= 0.3 is 0 Å². The molecule has 0 aromatic rings. The molecule has 0 radical (unpaired) electrons. The van der Waals surface area contributed by atoms with Crippen LogP contribution in [0.4, 0.5) is 0 Å². The van der Waals surface area contributed by atoms with Gasteiger partial charge in [-0.3, -0.25) is 0 Å². The van der Waals surface area contributed by atoms with Crippen LogP contribution in [0.25, 0.3) is 0 Å². The second-order valence-electron chi connectivity index (χ2n) is 9.41. The van der Waals surface area contributed by atoms with Crippen LogP contribution in [0.2, 0.25) is 0 Å². The van der Waals surface area contributed by atoms with Gasteiger partial charge in [0.15, 0.2) is 5.60 Å². The van der Waals surface area contributed by atoms with Crippen molar-refractivity contribution in [2.75, 3.05) is 0 Å². The van der Waals surface area contributed by atoms with Crippen LogP contribution in [0.15, 0.2) is 11.6 Å². The van der Waals surface area contributed by atoms with E-state index in [2.05, 4.69) is 12.8 Å². The molecule has 3 unspecified atom stereocenters. The van der Waals surface area contributed by atoms with E-state index in [1.54, 1.807) is 0 Å². The third-order valence-electron chi connectivity index (χ3n) is 8.54. The van der Waals surface area contributed by atoms with E-state index in [9.17, 15) is 20.4 Å². The zero-order valence-electron chi connectivity index (χ0n) is 15.2. The summed E-state index contributed by atoms with van der Waals surface area (Å²) in [5.41, 5.74) is -0.907. The Morgan fingerprint density at radius 2 is 1.84 bits per heavy atom. The fourth-order valence-electron chi connectivity index (χ4n) is 6.92. The van der Waals surface area contributed by atoms with Crippen molar-refractivity contribution < 1.29 is 20.4 Å². The Morgan fingerprint density at radius 1 is 1.12 bits per heavy atom. The van der Waals surface area contributed by atoms with E-state index < -0.39 is 23.2 Å². The van der Waals surface area contributed by atoms with Crippen molar-refractivity contribution in [2.24, 2.45) is 28.6 Å². The highest BCUT2D eigenvalue weighted by Gasteiger charge is 2.68. The standard InChI is InChI=1S/C21H30O4/c1-4-21(25)17(24)11-15-18-14(6-8-20(15,21)3)19(2)7-5-13(22)9-12(19)10-16(18)23/h1,10,13-18,22-25H,5-9,11H2,2-3H3/t13-,14?,15?,16-,17+,18?,19-,20-,21-/m0/s1. The van der Waals surface area contributed by atoms with Gasteiger partial charge in [0, 0.05) is 5.41 Å². The molecule has 4 nitrogen and oxygen atoms in total. The lowest BCUT2D eigenvalue weighted by atomic mass is 9.46. The molecule has 0 aromatic carbocycles. The summed E-state index contributed by atoms with van der Waals surface area (Å²) in [5.74, 6) is 2.79. The van der Waals surface area contributed by atoms with Crippen molar-refractivity contribution in [3.05, 3.63) is 11.6 Å². The van der Waals surface area contributed by atoms with Crippen molar-refractivity contribution in [1.82, 2.24) is 0 Å². The van der Waals surface area contributed by atoms with Gasteiger partial charge in [-0.25, -0.2) is 0 Å². The van der Waals surface area contributed by atoms with Crippen LogP contribution in [0.5, 0.6) is 0 Å². The molecular weight excluding hydrogens is 316 g/mol. The van der Waals surface area contributed by atoms with Crippen molar-refractivity contribution >= 4 is 0 Å². The van der Waals surface area contributed by atoms with E-state index in [0.29, 0.717) is 18.8 Å². The quantitative estimate of drug-likeness (QED) is 0.397. The summed E-state index contributed by atoms with van der Waals surface area (Å²) in [6.07, 6.45) is 10.2. The molecule has 25 heavy (non-hydrogen) atoms. The average molecular weight is 346 g/mol. The number of terminal acetylenes is 1. The summed E-state index contributed by atoms with van der Waals surface area (Å²) in [6, 6.07) is 0. The minimum atomic E-state index is -1.52. The first kappa shape index (κ1) is 17.5. The van der Waals surface area contributed by atoms with Gasteiger partial charge in [-0.15, -0.1) is 6.42 Å². The molecule has 0 saturated heterocycles. The maximum Gasteiger partial charge on any atom is 0.156 e. The topological polar surface area (TPSA) is 80.9 Å². The Hall–Kier alpha value is -0.860. The van der Waals surface area contributed by atoms with Gasteiger partial charge in [-0.1, -0.05) is 31.4 Å². The first-order chi connectivity index (χ1) is 11.7. The van der Waals surface area contributed by atoms with E-state index in [-0.39, 0.29) is 23.4 Å². The fraction of sp³-hybridized carbons (Fsp3) is 0.810. The van der Waals surface area contributed by atoms with E-state index >= 15 is 0 Å². The molecule has 0 heterocycles. The van der Waals surface area contributed by atoms with Gasteiger partial charge in [0.05, 0.1) is 18.3 Å². The molecule has 9 atom stereocenters. The first-order valence-corrected chi connectivity index (χ1v) is 9.63. The largest absolute Gasteiger partial charge is 0.393 e. The van der Waals surface area contributed by atoms with Crippen LogP contribution in [0.1, 0.15) is 52.4 Å². The lowest BCUT2D eigenvalue weighted by Crippen LogP contribution is -2.58. The molecule has 3 fully saturated rings. The maximum absolute atomic E-state index is 11.0. The number of hydrogen-bond acceptors (Lipinski definition) is 4. The Kier molecular flexibility index (Phi) is 3.74. The van der Waals surface area contributed by atoms with E-state index in [1.165, 1.54) is 5.57 Å². The summed E-state index contributed by atoms with van der Waals surface area (Å²) < 4.78 is 0. The van der Waals surface area contributed by atoms with Crippen LogP contribution in [-0.2, 0) is 0 Å². The lowest BCUT2D eigenvalue weighted by molar-refractivity contribution is -0.135. The van der Waals surface area contributed by atoms with Gasteiger partial charge in [0.2, 0.25) is 0 Å². The number of fused-ring (bicyclic) bond motifs is 5. The zero-order chi connectivity index (χ0) is 18.2. The molecule has 0 aromatic heterocycles. The van der Waals surface area contributed by atoms with Crippen molar-refractivity contribution in [1.29, 1.82) is 0 Å². The number of rotatable bonds is 0. The maximum atomic E-state index is 11.0. The SMILES string of the molecule is C#C[C@]1(O)[C@H](O)CC2C3C(CC[C@@]21C)[C@@]1(C)CC[C@H](O)CC1=C[C@@H]3O. The summed E-state index contributed by atoms with van der Waals surface area (Å²) in [4.78, 5) is 0. The van der Waals surface area contributed by atoms with Crippen LogP contribution in [-0.4, -0.2) is 44.3 Å². The van der Waals surface area contributed by atoms with Gasteiger partial charge in [0.1, 0.15) is 0 Å². The minimum Gasteiger partial charge on any atom is -0.393 e. The molecule has 4 heteroatoms. The summed E-state index contributed by atoms with van der Waals surface area (Å²) in [5, 5.41) is 42.6. The smallest absolute Gasteiger partial charge is 0.156 e. The summed E-state index contributed by atoms with van der Waals surface area (Å²) in [7, 11) is 0. The van der Waals surface area contributed by atoms with Gasteiger partial charge < -0.3 is 20.4 Å². The number of aliphatic hydroxyl groups excluding tert-OH is 3. The normalized spacial score (nSPS) is 57.7. The van der Waals surface area contributed by atoms with Crippen molar-refractivity contribution in [3.63, 3.8) is 0 Å². The molecule has 0 bridgehead atoms. The average Bonchev–Trinajstić information content (AvgIpc) is 2.77. The molecule has 4 N–H and O–H groups in total. The molecular formula is C21H30O4. The molecule has 4 aliphatic rings. The van der Waals surface area contributed by atoms with Crippen LogP contribution >= 0.6 is 0 Å². The van der Waals surface area contributed by atoms with Crippen LogP contribution in [0.3, 0.4) is 0 Å². The van der Waals surface area contributed by atoms with Crippen LogP contribution < -0.4 is 0 Å². The predicted octanol–water partition coefficient (Wildman–Crippen LogP) is 1.62. The first-order valence-electron chi connectivity index (χ1n) is 9.63. The zero-order valence-corrected chi connectivity index (χ0v) is 15.2. The number of aliphatic hydroxyl groups is 4. The lowest BCUT2D eigenvalue weighted by Gasteiger charge is -2.59. The van der Waals surface area contributed by atoms with Crippen molar-refractivity contribution in [3.8, 4) is 12.3 Å². The van der Waals surface area contributed by atoms with Gasteiger partial charge in [0.25, 0.3) is 0 Å². The Bertz CT molecular complexity index is 651.